The van der Waals surface area contributed by atoms with Crippen molar-refractivity contribution in [3.63, 3.8) is 0 Å². The standard InChI is InChI=1S/C24H17N3O7S/c1-12-11-35-24(25-12)26-19(13-6-8-15(9-7-13)27(31)32)18(21(29)23(26)30)20(28)17-10-14-4-3-5-16(33-2)22(14)34-17/h3-11,19,29H,1-2H3. The van der Waals surface area contributed by atoms with Crippen LogP contribution in [0.2, 0.25) is 0 Å². The maximum Gasteiger partial charge on any atom is 0.296 e. The second kappa shape index (κ2) is 8.37. The number of aliphatic hydroxyl groups excluding tert-OH is 1. The van der Waals surface area contributed by atoms with Crippen LogP contribution >= 0.6 is 11.3 Å². The summed E-state index contributed by atoms with van der Waals surface area (Å²) >= 11 is 1.17. The predicted octanol–water partition coefficient (Wildman–Crippen LogP) is 4.90. The van der Waals surface area contributed by atoms with Gasteiger partial charge in [-0.05, 0) is 36.8 Å². The SMILES string of the molecule is COc1cccc2cc(C(=O)C3=C(O)C(=O)N(c4nc(C)cs4)C3c3ccc([N+](=O)[O-])cc3)oc12. The van der Waals surface area contributed by atoms with E-state index in [-0.39, 0.29) is 22.2 Å². The molecule has 1 amide bonds. The van der Waals surface area contributed by atoms with Crippen LogP contribution < -0.4 is 9.64 Å². The number of hydrogen-bond acceptors (Lipinski definition) is 9. The Morgan fingerprint density at radius 1 is 1.26 bits per heavy atom. The van der Waals surface area contributed by atoms with Crippen molar-refractivity contribution in [1.82, 2.24) is 4.98 Å². The number of aromatic nitrogens is 1. The van der Waals surface area contributed by atoms with E-state index in [2.05, 4.69) is 4.98 Å². The fourth-order valence-corrected chi connectivity index (χ4v) is 4.85. The molecular formula is C24H17N3O7S. The monoisotopic (exact) mass is 491 g/mol. The van der Waals surface area contributed by atoms with Gasteiger partial charge < -0.3 is 14.3 Å². The van der Waals surface area contributed by atoms with Crippen molar-refractivity contribution < 1.29 is 28.8 Å². The second-order valence-electron chi connectivity index (χ2n) is 7.78. The predicted molar refractivity (Wildman–Crippen MR) is 127 cm³/mol. The highest BCUT2D eigenvalue weighted by Gasteiger charge is 2.46. The normalized spacial score (nSPS) is 15.8. The number of Topliss-reactive ketones (excluding diaryl/α,β-unsaturated/α-hetero) is 1. The van der Waals surface area contributed by atoms with Crippen LogP contribution in [0.3, 0.4) is 0 Å². The van der Waals surface area contributed by atoms with Crippen molar-refractivity contribution in [3.05, 3.63) is 92.4 Å². The number of fused-ring (bicyclic) bond motifs is 1. The molecule has 2 aromatic carbocycles. The first-order chi connectivity index (χ1) is 16.8. The van der Waals surface area contributed by atoms with Gasteiger partial charge in [-0.3, -0.25) is 24.6 Å². The van der Waals surface area contributed by atoms with Gasteiger partial charge in [0.1, 0.15) is 0 Å². The van der Waals surface area contributed by atoms with Gasteiger partial charge in [0.05, 0.1) is 29.3 Å². The molecule has 0 radical (unpaired) electrons. The summed E-state index contributed by atoms with van der Waals surface area (Å²) in [5.74, 6) is -1.91. The summed E-state index contributed by atoms with van der Waals surface area (Å²) in [5.41, 5.74) is 1.03. The van der Waals surface area contributed by atoms with E-state index in [0.29, 0.717) is 28.0 Å². The van der Waals surface area contributed by atoms with Gasteiger partial charge in [-0.15, -0.1) is 11.3 Å². The van der Waals surface area contributed by atoms with E-state index in [1.54, 1.807) is 30.5 Å². The number of methoxy groups -OCH3 is 1. The van der Waals surface area contributed by atoms with Crippen LogP contribution in [0, 0.1) is 17.0 Å². The summed E-state index contributed by atoms with van der Waals surface area (Å²) in [7, 11) is 1.47. The third-order valence-electron chi connectivity index (χ3n) is 5.64. The van der Waals surface area contributed by atoms with Crippen LogP contribution in [0.25, 0.3) is 11.0 Å². The topological polar surface area (TPSA) is 136 Å². The molecule has 176 valence electrons. The van der Waals surface area contributed by atoms with Crippen molar-refractivity contribution in [2.45, 2.75) is 13.0 Å². The van der Waals surface area contributed by atoms with Crippen molar-refractivity contribution in [1.29, 1.82) is 0 Å². The first-order valence-corrected chi connectivity index (χ1v) is 11.2. The second-order valence-corrected chi connectivity index (χ2v) is 8.62. The quantitative estimate of drug-likeness (QED) is 0.229. The van der Waals surface area contributed by atoms with Crippen LogP contribution in [0.4, 0.5) is 10.8 Å². The molecule has 0 saturated carbocycles. The minimum absolute atomic E-state index is 0.0945. The van der Waals surface area contributed by atoms with Gasteiger partial charge in [0.2, 0.25) is 5.78 Å². The highest BCUT2D eigenvalue weighted by molar-refractivity contribution is 7.14. The van der Waals surface area contributed by atoms with E-state index in [1.165, 1.54) is 53.7 Å². The third-order valence-corrected chi connectivity index (χ3v) is 6.59. The number of carbonyl (C=O) groups excluding carboxylic acids is 2. The van der Waals surface area contributed by atoms with E-state index in [9.17, 15) is 24.8 Å². The Bertz CT molecular complexity index is 1530. The molecule has 1 atom stereocenters. The number of furan rings is 1. The molecule has 2 aromatic heterocycles. The summed E-state index contributed by atoms with van der Waals surface area (Å²) < 4.78 is 11.1. The van der Waals surface area contributed by atoms with Crippen LogP contribution in [0.1, 0.15) is 27.9 Å². The summed E-state index contributed by atoms with van der Waals surface area (Å²) in [4.78, 5) is 43.0. The van der Waals surface area contributed by atoms with Crippen molar-refractivity contribution >= 4 is 44.8 Å². The Kier molecular flexibility index (Phi) is 5.33. The number of carbonyl (C=O) groups is 2. The summed E-state index contributed by atoms with van der Waals surface area (Å²) in [6.45, 7) is 1.75. The number of amides is 1. The molecule has 10 nitrogen and oxygen atoms in total. The lowest BCUT2D eigenvalue weighted by molar-refractivity contribution is -0.384. The first-order valence-electron chi connectivity index (χ1n) is 10.3. The van der Waals surface area contributed by atoms with Gasteiger partial charge in [-0.25, -0.2) is 4.98 Å². The molecule has 1 unspecified atom stereocenters. The van der Waals surface area contributed by atoms with Crippen molar-refractivity contribution in [2.24, 2.45) is 0 Å². The zero-order valence-corrected chi connectivity index (χ0v) is 19.2. The van der Waals surface area contributed by atoms with Crippen LogP contribution in [0.5, 0.6) is 5.75 Å². The van der Waals surface area contributed by atoms with Crippen LogP contribution in [-0.2, 0) is 4.79 Å². The minimum atomic E-state index is -1.07. The fraction of sp³-hybridized carbons (Fsp3) is 0.125. The van der Waals surface area contributed by atoms with Gasteiger partial charge in [-0.2, -0.15) is 0 Å². The van der Waals surface area contributed by atoms with Crippen molar-refractivity contribution in [3.8, 4) is 5.75 Å². The van der Waals surface area contributed by atoms with Gasteiger partial charge in [-0.1, -0.05) is 12.1 Å². The zero-order chi connectivity index (χ0) is 24.9. The number of aliphatic hydroxyl groups is 1. The van der Waals surface area contributed by atoms with Crippen LogP contribution in [-0.4, -0.2) is 33.8 Å². The van der Waals surface area contributed by atoms with E-state index < -0.39 is 28.4 Å². The number of hydrogen-bond donors (Lipinski definition) is 1. The fourth-order valence-electron chi connectivity index (χ4n) is 4.02. The highest BCUT2D eigenvalue weighted by atomic mass is 32.1. The molecular weight excluding hydrogens is 474 g/mol. The molecule has 0 bridgehead atoms. The Morgan fingerprint density at radius 3 is 2.63 bits per heavy atom. The molecule has 3 heterocycles. The molecule has 1 aliphatic rings. The number of ketones is 1. The Hall–Kier alpha value is -4.51. The number of rotatable bonds is 6. The molecule has 0 aliphatic carbocycles. The number of non-ortho nitro benzene ring substituents is 1. The molecule has 0 fully saturated rings. The lowest BCUT2D eigenvalue weighted by atomic mass is 9.95. The number of benzene rings is 2. The molecule has 5 rings (SSSR count). The van der Waals surface area contributed by atoms with Gasteiger partial charge in [0.25, 0.3) is 11.6 Å². The van der Waals surface area contributed by atoms with Crippen LogP contribution in [0.15, 0.2) is 69.7 Å². The molecule has 0 saturated heterocycles. The molecule has 1 N–H and O–H groups in total. The average molecular weight is 491 g/mol. The number of ether oxygens (including phenoxy) is 1. The summed E-state index contributed by atoms with van der Waals surface area (Å²) in [5, 5.41) is 24.6. The maximum atomic E-state index is 13.7. The van der Waals surface area contributed by atoms with Gasteiger partial charge >= 0.3 is 0 Å². The van der Waals surface area contributed by atoms with Gasteiger partial charge in [0, 0.05) is 22.9 Å². The number of nitro benzene ring substituents is 1. The average Bonchev–Trinajstić information content (AvgIpc) is 3.55. The number of anilines is 1. The van der Waals surface area contributed by atoms with Crippen molar-refractivity contribution in [2.75, 3.05) is 12.0 Å². The lowest BCUT2D eigenvalue weighted by Gasteiger charge is -2.24. The molecule has 35 heavy (non-hydrogen) atoms. The Morgan fingerprint density at radius 2 is 2.00 bits per heavy atom. The maximum absolute atomic E-state index is 13.7. The smallest absolute Gasteiger partial charge is 0.296 e. The number of nitro groups is 1. The molecule has 4 aromatic rings. The Labute approximate surface area is 201 Å². The third kappa shape index (κ3) is 3.62. The minimum Gasteiger partial charge on any atom is -0.503 e. The van der Waals surface area contributed by atoms with Gasteiger partial charge in [0.15, 0.2) is 28.0 Å². The first kappa shape index (κ1) is 22.3. The number of para-hydroxylation sites is 1. The van der Waals surface area contributed by atoms with E-state index in [0.717, 1.165) is 0 Å². The lowest BCUT2D eigenvalue weighted by Crippen LogP contribution is -2.31. The highest BCUT2D eigenvalue weighted by Crippen LogP contribution is 2.43. The van der Waals surface area contributed by atoms with E-state index >= 15 is 0 Å². The summed E-state index contributed by atoms with van der Waals surface area (Å²) in [6.07, 6.45) is 0. The zero-order valence-electron chi connectivity index (χ0n) is 18.4. The Balaban J connectivity index is 1.65. The molecule has 1 aliphatic heterocycles. The summed E-state index contributed by atoms with van der Waals surface area (Å²) in [6, 6.07) is 11.0. The number of aryl methyl sites for hydroxylation is 1. The largest absolute Gasteiger partial charge is 0.503 e. The van der Waals surface area contributed by atoms with E-state index in [4.69, 9.17) is 9.15 Å². The number of nitrogens with zero attached hydrogens (tertiary/aromatic N) is 3. The molecule has 0 spiro atoms. The van der Waals surface area contributed by atoms with E-state index in [1.807, 2.05) is 0 Å². The number of thiazole rings is 1. The molecule has 11 heteroatoms.